The molecule has 2 nitrogen and oxygen atoms in total. The molecule has 17 heavy (non-hydrogen) atoms. The van der Waals surface area contributed by atoms with Crippen LogP contribution in [0.25, 0.3) is 0 Å². The first-order chi connectivity index (χ1) is 8.05. The van der Waals surface area contributed by atoms with E-state index in [1.165, 1.54) is 25.1 Å². The summed E-state index contributed by atoms with van der Waals surface area (Å²) in [6.45, 7) is 11.6. The fourth-order valence-electron chi connectivity index (χ4n) is 2.36. The van der Waals surface area contributed by atoms with Crippen LogP contribution in [0.1, 0.15) is 32.8 Å². The van der Waals surface area contributed by atoms with Crippen molar-refractivity contribution in [3.63, 3.8) is 0 Å². The standard InChI is InChI=1S/C14H24N2S/c1-14(2,3)13-10-16(7-4-6-15-13)9-12-5-8-17-11-12/h5,8,11,13,15H,4,6-7,9-10H2,1-3H3. The lowest BCUT2D eigenvalue weighted by molar-refractivity contribution is 0.192. The lowest BCUT2D eigenvalue weighted by Crippen LogP contribution is -2.46. The summed E-state index contributed by atoms with van der Waals surface area (Å²) < 4.78 is 0. The largest absolute Gasteiger partial charge is 0.312 e. The Morgan fingerprint density at radius 3 is 2.94 bits per heavy atom. The van der Waals surface area contributed by atoms with Crippen LogP contribution in [-0.2, 0) is 6.54 Å². The minimum absolute atomic E-state index is 0.344. The maximum Gasteiger partial charge on any atom is 0.0243 e. The predicted octanol–water partition coefficient (Wildman–Crippen LogP) is 2.96. The highest BCUT2D eigenvalue weighted by Gasteiger charge is 2.27. The van der Waals surface area contributed by atoms with Crippen molar-refractivity contribution in [1.82, 2.24) is 10.2 Å². The fourth-order valence-corrected chi connectivity index (χ4v) is 3.02. The molecular formula is C14H24N2S. The molecule has 0 aliphatic carbocycles. The zero-order valence-corrected chi connectivity index (χ0v) is 12.0. The summed E-state index contributed by atoms with van der Waals surface area (Å²) in [7, 11) is 0. The molecule has 2 heterocycles. The lowest BCUT2D eigenvalue weighted by Gasteiger charge is -2.33. The van der Waals surface area contributed by atoms with E-state index >= 15 is 0 Å². The van der Waals surface area contributed by atoms with E-state index in [1.54, 1.807) is 11.3 Å². The van der Waals surface area contributed by atoms with Gasteiger partial charge in [-0.1, -0.05) is 20.8 Å². The minimum Gasteiger partial charge on any atom is -0.312 e. The Morgan fingerprint density at radius 1 is 1.47 bits per heavy atom. The van der Waals surface area contributed by atoms with Gasteiger partial charge in [0.05, 0.1) is 0 Å². The van der Waals surface area contributed by atoms with Crippen LogP contribution in [0, 0.1) is 5.41 Å². The van der Waals surface area contributed by atoms with Gasteiger partial charge in [-0.3, -0.25) is 4.90 Å². The molecule has 0 bridgehead atoms. The zero-order valence-electron chi connectivity index (χ0n) is 11.2. The van der Waals surface area contributed by atoms with Crippen molar-refractivity contribution in [3.05, 3.63) is 22.4 Å². The highest BCUT2D eigenvalue weighted by atomic mass is 32.1. The number of rotatable bonds is 2. The van der Waals surface area contributed by atoms with E-state index in [2.05, 4.69) is 47.8 Å². The highest BCUT2D eigenvalue weighted by Crippen LogP contribution is 2.22. The second-order valence-electron chi connectivity index (χ2n) is 6.09. The molecule has 1 aromatic rings. The Balaban J connectivity index is 1.97. The summed E-state index contributed by atoms with van der Waals surface area (Å²) in [5.41, 5.74) is 1.81. The molecule has 0 radical (unpaired) electrons. The average molecular weight is 252 g/mol. The molecule has 1 fully saturated rings. The third-order valence-corrected chi connectivity index (χ3v) is 4.25. The van der Waals surface area contributed by atoms with E-state index in [1.807, 2.05) is 0 Å². The third kappa shape index (κ3) is 3.80. The Bertz CT molecular complexity index is 326. The van der Waals surface area contributed by atoms with Crippen LogP contribution in [0.2, 0.25) is 0 Å². The van der Waals surface area contributed by atoms with E-state index in [-0.39, 0.29) is 0 Å². The van der Waals surface area contributed by atoms with Crippen molar-refractivity contribution in [2.45, 2.75) is 39.8 Å². The van der Waals surface area contributed by atoms with Crippen LogP contribution in [-0.4, -0.2) is 30.6 Å². The van der Waals surface area contributed by atoms with Gasteiger partial charge in [0.2, 0.25) is 0 Å². The topological polar surface area (TPSA) is 15.3 Å². The van der Waals surface area contributed by atoms with Crippen LogP contribution in [0.15, 0.2) is 16.8 Å². The van der Waals surface area contributed by atoms with Crippen molar-refractivity contribution in [1.29, 1.82) is 0 Å². The quantitative estimate of drug-likeness (QED) is 0.870. The summed E-state index contributed by atoms with van der Waals surface area (Å²) >= 11 is 1.80. The molecule has 96 valence electrons. The summed E-state index contributed by atoms with van der Waals surface area (Å²) in [6.07, 6.45) is 1.26. The summed E-state index contributed by atoms with van der Waals surface area (Å²) in [5.74, 6) is 0. The molecular weight excluding hydrogens is 228 g/mol. The number of nitrogens with one attached hydrogen (secondary N) is 1. The van der Waals surface area contributed by atoms with Crippen molar-refractivity contribution in [2.24, 2.45) is 5.41 Å². The Morgan fingerprint density at radius 2 is 2.29 bits per heavy atom. The Labute approximate surface area is 109 Å². The summed E-state index contributed by atoms with van der Waals surface area (Å²) in [4.78, 5) is 2.60. The zero-order chi connectivity index (χ0) is 12.3. The average Bonchev–Trinajstić information content (AvgIpc) is 2.61. The molecule has 2 rings (SSSR count). The van der Waals surface area contributed by atoms with Crippen LogP contribution in [0.4, 0.5) is 0 Å². The number of nitrogens with zero attached hydrogens (tertiary/aromatic N) is 1. The Hall–Kier alpha value is -0.380. The van der Waals surface area contributed by atoms with Gasteiger partial charge in [-0.05, 0) is 47.3 Å². The van der Waals surface area contributed by atoms with Crippen molar-refractivity contribution in [2.75, 3.05) is 19.6 Å². The van der Waals surface area contributed by atoms with Crippen LogP contribution < -0.4 is 5.32 Å². The normalized spacial score (nSPS) is 23.6. The number of hydrogen-bond acceptors (Lipinski definition) is 3. The lowest BCUT2D eigenvalue weighted by atomic mass is 9.86. The second-order valence-corrected chi connectivity index (χ2v) is 6.87. The first-order valence-electron chi connectivity index (χ1n) is 6.52. The molecule has 1 aliphatic rings. The van der Waals surface area contributed by atoms with Crippen molar-refractivity contribution < 1.29 is 0 Å². The minimum atomic E-state index is 0.344. The van der Waals surface area contributed by atoms with Gasteiger partial charge in [-0.15, -0.1) is 0 Å². The van der Waals surface area contributed by atoms with Gasteiger partial charge in [-0.2, -0.15) is 11.3 Å². The van der Waals surface area contributed by atoms with Crippen molar-refractivity contribution >= 4 is 11.3 Å². The predicted molar refractivity (Wildman–Crippen MR) is 75.5 cm³/mol. The van der Waals surface area contributed by atoms with Gasteiger partial charge in [-0.25, -0.2) is 0 Å². The Kier molecular flexibility index (Phi) is 4.23. The van der Waals surface area contributed by atoms with Gasteiger partial charge in [0.25, 0.3) is 0 Å². The molecule has 1 aliphatic heterocycles. The van der Waals surface area contributed by atoms with Gasteiger partial charge in [0.15, 0.2) is 0 Å². The van der Waals surface area contributed by atoms with E-state index in [4.69, 9.17) is 0 Å². The second kappa shape index (κ2) is 5.51. The summed E-state index contributed by atoms with van der Waals surface area (Å²) in [5, 5.41) is 8.13. The smallest absolute Gasteiger partial charge is 0.0243 e. The van der Waals surface area contributed by atoms with E-state index in [0.717, 1.165) is 13.1 Å². The van der Waals surface area contributed by atoms with Gasteiger partial charge in [0.1, 0.15) is 0 Å². The number of hydrogen-bond donors (Lipinski definition) is 1. The monoisotopic (exact) mass is 252 g/mol. The van der Waals surface area contributed by atoms with E-state index in [9.17, 15) is 0 Å². The van der Waals surface area contributed by atoms with Crippen LogP contribution in [0.3, 0.4) is 0 Å². The molecule has 1 N–H and O–H groups in total. The first-order valence-corrected chi connectivity index (χ1v) is 7.47. The molecule has 0 saturated carbocycles. The van der Waals surface area contributed by atoms with Crippen LogP contribution in [0.5, 0.6) is 0 Å². The molecule has 1 unspecified atom stereocenters. The fraction of sp³-hybridized carbons (Fsp3) is 0.714. The molecule has 1 aromatic heterocycles. The molecule has 0 aromatic carbocycles. The highest BCUT2D eigenvalue weighted by molar-refractivity contribution is 7.07. The van der Waals surface area contributed by atoms with Gasteiger partial charge in [0, 0.05) is 19.1 Å². The maximum absolute atomic E-state index is 3.69. The number of thiophene rings is 1. The van der Waals surface area contributed by atoms with Crippen molar-refractivity contribution in [3.8, 4) is 0 Å². The van der Waals surface area contributed by atoms with E-state index in [0.29, 0.717) is 11.5 Å². The SMILES string of the molecule is CC(C)(C)C1CN(Cc2ccsc2)CCCN1. The molecule has 0 amide bonds. The van der Waals surface area contributed by atoms with Gasteiger partial charge < -0.3 is 5.32 Å². The first kappa shape index (κ1) is 13.1. The molecule has 3 heteroatoms. The molecule has 1 saturated heterocycles. The third-order valence-electron chi connectivity index (χ3n) is 3.51. The molecule has 1 atom stereocenters. The maximum atomic E-state index is 3.69. The van der Waals surface area contributed by atoms with Crippen LogP contribution >= 0.6 is 11.3 Å². The summed E-state index contributed by atoms with van der Waals surface area (Å²) in [6, 6.07) is 2.85. The molecule has 0 spiro atoms. The van der Waals surface area contributed by atoms with E-state index < -0.39 is 0 Å². The van der Waals surface area contributed by atoms with Gasteiger partial charge >= 0.3 is 0 Å².